The molecule has 8 nitrogen and oxygen atoms in total. The molecule has 1 aromatic carbocycles. The minimum atomic E-state index is -5.12. The van der Waals surface area contributed by atoms with Crippen LogP contribution in [0.2, 0.25) is 0 Å². The largest absolute Gasteiger partial charge is 0.413 e. The molecule has 1 aromatic heterocycles. The quantitative estimate of drug-likeness (QED) is 0.780. The summed E-state index contributed by atoms with van der Waals surface area (Å²) in [7, 11) is -10.2. The number of hydrogen-bond donors (Lipinski definition) is 2. The third kappa shape index (κ3) is 6.79. The molecule has 2 N–H and O–H groups in total. The number of benzene rings is 1. The van der Waals surface area contributed by atoms with Gasteiger partial charge in [0.15, 0.2) is 0 Å². The Morgan fingerprint density at radius 1 is 0.895 bits per heavy atom. The van der Waals surface area contributed by atoms with E-state index in [9.17, 15) is 16.8 Å². The van der Waals surface area contributed by atoms with Gasteiger partial charge in [0.2, 0.25) is 0 Å². The van der Waals surface area contributed by atoms with Crippen LogP contribution in [0.3, 0.4) is 0 Å². The minimum Gasteiger partial charge on any atom is -0.263 e. The highest BCUT2D eigenvalue weighted by Crippen LogP contribution is 2.07. The molecule has 104 valence electrons. The molecule has 0 radical (unpaired) electrons. The lowest BCUT2D eigenvalue weighted by molar-refractivity contribution is 0.344. The van der Waals surface area contributed by atoms with Crippen LogP contribution in [0.1, 0.15) is 0 Å². The van der Waals surface area contributed by atoms with E-state index in [1.807, 2.05) is 30.5 Å². The Bertz CT molecular complexity index is 659. The van der Waals surface area contributed by atoms with Crippen LogP contribution >= 0.6 is 0 Å². The molecule has 0 saturated carbocycles. The van der Waals surface area contributed by atoms with Crippen LogP contribution < -0.4 is 0 Å². The van der Waals surface area contributed by atoms with Gasteiger partial charge in [0.25, 0.3) is 0 Å². The zero-order chi connectivity index (χ0) is 14.5. The van der Waals surface area contributed by atoms with Gasteiger partial charge in [-0.25, -0.2) is 0 Å². The van der Waals surface area contributed by atoms with Gasteiger partial charge in [-0.15, -0.1) is 3.63 Å². The van der Waals surface area contributed by atoms with Crippen molar-refractivity contribution in [3.63, 3.8) is 0 Å². The van der Waals surface area contributed by atoms with E-state index in [2.05, 4.69) is 20.7 Å². The van der Waals surface area contributed by atoms with E-state index in [4.69, 9.17) is 9.11 Å². The van der Waals surface area contributed by atoms with Crippen LogP contribution in [0.15, 0.2) is 42.6 Å². The zero-order valence-corrected chi connectivity index (χ0v) is 10.9. The van der Waals surface area contributed by atoms with Gasteiger partial charge >= 0.3 is 20.8 Å². The Morgan fingerprint density at radius 3 is 1.89 bits per heavy atom. The highest BCUT2D eigenvalue weighted by Gasteiger charge is 2.15. The van der Waals surface area contributed by atoms with Crippen LogP contribution in [0.5, 0.6) is 0 Å². The maximum Gasteiger partial charge on any atom is 0.413 e. The molecule has 0 bridgehead atoms. The second kappa shape index (κ2) is 6.04. The summed E-state index contributed by atoms with van der Waals surface area (Å²) in [6.07, 6.45) is 1.81. The monoisotopic (exact) mass is 307 g/mol. The molecule has 0 aliphatic rings. The van der Waals surface area contributed by atoms with E-state index in [1.54, 1.807) is 0 Å². The van der Waals surface area contributed by atoms with E-state index in [0.29, 0.717) is 0 Å². The van der Waals surface area contributed by atoms with Crippen molar-refractivity contribution in [1.29, 1.82) is 0 Å². The molecule has 1 heterocycles. The lowest BCUT2D eigenvalue weighted by Gasteiger charge is -1.91. The second-order valence-corrected chi connectivity index (χ2v) is 5.37. The van der Waals surface area contributed by atoms with Crippen molar-refractivity contribution in [2.45, 2.75) is 0 Å². The lowest BCUT2D eigenvalue weighted by atomic mass is 10.2. The Labute approximate surface area is 109 Å². The number of hydrogen-bond acceptors (Lipinski definition) is 6. The first-order chi connectivity index (χ1) is 8.67. The van der Waals surface area contributed by atoms with Gasteiger partial charge in [-0.05, 0) is 12.1 Å². The van der Waals surface area contributed by atoms with Gasteiger partial charge in [0.1, 0.15) is 0 Å². The topological polar surface area (TPSA) is 131 Å². The van der Waals surface area contributed by atoms with Gasteiger partial charge in [0, 0.05) is 11.6 Å². The predicted octanol–water partition coefficient (Wildman–Crippen LogP) is 0.843. The number of fused-ring (bicyclic) bond motifs is 1. The maximum atomic E-state index is 9.44. The van der Waals surface area contributed by atoms with Crippen LogP contribution in [0.4, 0.5) is 0 Å². The van der Waals surface area contributed by atoms with Crippen molar-refractivity contribution in [1.82, 2.24) is 4.98 Å². The fourth-order valence-electron chi connectivity index (χ4n) is 1.12. The number of nitrogens with zero attached hydrogens (tertiary/aromatic N) is 1. The number of para-hydroxylation sites is 1. The summed E-state index contributed by atoms with van der Waals surface area (Å²) in [5.74, 6) is 0. The molecule has 0 spiro atoms. The molecule has 0 unspecified atom stereocenters. The standard InChI is InChI=1S/C9H7N.H2O7S2/c1-2-6-9-8(4-1)5-3-7-10-9;1-8(2,3)7-9(4,5)6/h1-7H;(H,1,2,3)(H,4,5,6). The van der Waals surface area contributed by atoms with Crippen molar-refractivity contribution >= 4 is 31.7 Å². The molecule has 2 aromatic rings. The van der Waals surface area contributed by atoms with Crippen LogP contribution in [-0.2, 0) is 24.4 Å². The summed E-state index contributed by atoms with van der Waals surface area (Å²) in [4.78, 5) is 4.18. The van der Waals surface area contributed by atoms with Crippen molar-refractivity contribution in [3.8, 4) is 0 Å². The predicted molar refractivity (Wildman–Crippen MR) is 65.9 cm³/mol. The molecular weight excluding hydrogens is 298 g/mol. The van der Waals surface area contributed by atoms with Gasteiger partial charge in [-0.3, -0.25) is 14.1 Å². The number of pyridine rings is 1. The number of aromatic nitrogens is 1. The highest BCUT2D eigenvalue weighted by molar-refractivity contribution is 7.94. The summed E-state index contributed by atoms with van der Waals surface area (Å²) in [6, 6.07) is 12.1. The van der Waals surface area contributed by atoms with E-state index in [1.165, 1.54) is 5.39 Å². The molecule has 0 aliphatic heterocycles. The Hall–Kier alpha value is -1.59. The molecule has 0 amide bonds. The molecule has 0 atom stereocenters. The maximum absolute atomic E-state index is 9.44. The molecule has 0 saturated heterocycles. The average molecular weight is 307 g/mol. The zero-order valence-electron chi connectivity index (χ0n) is 9.24. The first-order valence-corrected chi connectivity index (χ1v) is 7.36. The summed E-state index contributed by atoms with van der Waals surface area (Å²) < 4.78 is 55.6. The molecular formula is C9H9NO7S2. The molecule has 19 heavy (non-hydrogen) atoms. The second-order valence-electron chi connectivity index (χ2n) is 3.12. The van der Waals surface area contributed by atoms with E-state index in [-0.39, 0.29) is 0 Å². The van der Waals surface area contributed by atoms with Crippen molar-refractivity contribution in [2.75, 3.05) is 0 Å². The van der Waals surface area contributed by atoms with Gasteiger partial charge < -0.3 is 0 Å². The Kier molecular flexibility index (Phi) is 4.91. The summed E-state index contributed by atoms with van der Waals surface area (Å²) in [6.45, 7) is 0. The highest BCUT2D eigenvalue weighted by atomic mass is 32.3. The lowest BCUT2D eigenvalue weighted by Crippen LogP contribution is -2.10. The van der Waals surface area contributed by atoms with Crippen molar-refractivity contribution < 1.29 is 29.6 Å². The number of rotatable bonds is 2. The SMILES string of the molecule is O=S(=O)(O)OS(=O)(=O)O.c1ccc2ncccc2c1. The smallest absolute Gasteiger partial charge is 0.263 e. The van der Waals surface area contributed by atoms with Crippen molar-refractivity contribution in [2.24, 2.45) is 0 Å². The third-order valence-electron chi connectivity index (χ3n) is 1.68. The fourth-order valence-corrected chi connectivity index (χ4v) is 1.99. The fraction of sp³-hybridized carbons (Fsp3) is 0. The van der Waals surface area contributed by atoms with Gasteiger partial charge in [-0.2, -0.15) is 16.8 Å². The third-order valence-corrected chi connectivity index (χ3v) is 3.06. The first kappa shape index (κ1) is 15.5. The minimum absolute atomic E-state index is 1.06. The van der Waals surface area contributed by atoms with Crippen LogP contribution in [0.25, 0.3) is 10.9 Å². The molecule has 0 fully saturated rings. The normalized spacial score (nSPS) is 11.7. The Balaban J connectivity index is 0.000000192. The van der Waals surface area contributed by atoms with Crippen molar-refractivity contribution in [3.05, 3.63) is 42.6 Å². The van der Waals surface area contributed by atoms with E-state index >= 15 is 0 Å². The summed E-state index contributed by atoms with van der Waals surface area (Å²) >= 11 is 0. The Morgan fingerprint density at radius 2 is 1.42 bits per heavy atom. The molecule has 0 aliphatic carbocycles. The average Bonchev–Trinajstić information content (AvgIpc) is 2.25. The summed E-state index contributed by atoms with van der Waals surface area (Å²) in [5, 5.41) is 1.20. The summed E-state index contributed by atoms with van der Waals surface area (Å²) in [5.41, 5.74) is 1.06. The van der Waals surface area contributed by atoms with Crippen LogP contribution in [0, 0.1) is 0 Å². The molecule has 2 rings (SSSR count). The van der Waals surface area contributed by atoms with Gasteiger partial charge in [-0.1, -0.05) is 24.3 Å². The van der Waals surface area contributed by atoms with E-state index < -0.39 is 20.8 Å². The van der Waals surface area contributed by atoms with Crippen LogP contribution in [-0.4, -0.2) is 30.9 Å². The first-order valence-electron chi connectivity index (χ1n) is 4.63. The van der Waals surface area contributed by atoms with Gasteiger partial charge in [0.05, 0.1) is 5.52 Å². The van der Waals surface area contributed by atoms with E-state index in [0.717, 1.165) is 5.52 Å². The molecule has 10 heteroatoms.